The maximum absolute atomic E-state index is 11.9. The molecule has 0 spiro atoms. The molecular formula is C13H18ClN3O. The van der Waals surface area contributed by atoms with E-state index < -0.39 is 0 Å². The molecule has 1 heterocycles. The molecule has 0 saturated heterocycles. The monoisotopic (exact) mass is 267 g/mol. The van der Waals surface area contributed by atoms with Crippen LogP contribution in [0.25, 0.3) is 0 Å². The minimum absolute atomic E-state index is 0.0199. The third-order valence-corrected chi connectivity index (χ3v) is 3.62. The topological polar surface area (TPSA) is 54.0 Å². The summed E-state index contributed by atoms with van der Waals surface area (Å²) in [5, 5.41) is 6.44. The summed E-state index contributed by atoms with van der Waals surface area (Å²) in [5.41, 5.74) is 0. The summed E-state index contributed by atoms with van der Waals surface area (Å²) in [6.07, 6.45) is 3.91. The van der Waals surface area contributed by atoms with Crippen molar-refractivity contribution >= 4 is 23.3 Å². The predicted molar refractivity (Wildman–Crippen MR) is 72.7 cm³/mol. The zero-order valence-electron chi connectivity index (χ0n) is 10.4. The number of hydrogen-bond acceptors (Lipinski definition) is 3. The van der Waals surface area contributed by atoms with Gasteiger partial charge in [-0.1, -0.05) is 17.7 Å². The van der Waals surface area contributed by atoms with Crippen LogP contribution in [0.15, 0.2) is 18.2 Å². The highest BCUT2D eigenvalue weighted by molar-refractivity contribution is 6.29. The number of aromatic nitrogens is 1. The van der Waals surface area contributed by atoms with Gasteiger partial charge >= 0.3 is 0 Å². The number of halogens is 1. The third-order valence-electron chi connectivity index (χ3n) is 3.41. The Labute approximate surface area is 112 Å². The summed E-state index contributed by atoms with van der Waals surface area (Å²) >= 11 is 5.77. The summed E-state index contributed by atoms with van der Waals surface area (Å²) in [5.74, 6) is 1.02. The number of rotatable bonds is 4. The van der Waals surface area contributed by atoms with Gasteiger partial charge in [0.2, 0.25) is 5.91 Å². The van der Waals surface area contributed by atoms with E-state index in [2.05, 4.69) is 15.6 Å². The van der Waals surface area contributed by atoms with Crippen LogP contribution in [0.1, 0.15) is 25.7 Å². The van der Waals surface area contributed by atoms with Crippen LogP contribution in [0.5, 0.6) is 0 Å². The standard InChI is InChI=1S/C13H18ClN3O/c1-15-10-6-5-9(7-10)8-13(18)17-12-4-2-3-11(14)16-12/h2-4,9-10,15H,5-8H2,1H3,(H,16,17,18). The lowest BCUT2D eigenvalue weighted by Gasteiger charge is -2.10. The van der Waals surface area contributed by atoms with Crippen LogP contribution < -0.4 is 10.6 Å². The highest BCUT2D eigenvalue weighted by atomic mass is 35.5. The Balaban J connectivity index is 1.82. The first-order valence-corrected chi connectivity index (χ1v) is 6.65. The van der Waals surface area contributed by atoms with Crippen LogP contribution in [0.2, 0.25) is 5.15 Å². The van der Waals surface area contributed by atoms with Gasteiger partial charge in [0, 0.05) is 12.5 Å². The van der Waals surface area contributed by atoms with Crippen molar-refractivity contribution in [3.63, 3.8) is 0 Å². The van der Waals surface area contributed by atoms with Crippen molar-refractivity contribution in [1.29, 1.82) is 0 Å². The van der Waals surface area contributed by atoms with E-state index in [1.807, 2.05) is 7.05 Å². The number of nitrogens with zero attached hydrogens (tertiary/aromatic N) is 1. The maximum atomic E-state index is 11.9. The van der Waals surface area contributed by atoms with Gasteiger partial charge in [0.25, 0.3) is 0 Å². The van der Waals surface area contributed by atoms with Gasteiger partial charge in [0.1, 0.15) is 11.0 Å². The van der Waals surface area contributed by atoms with Crippen molar-refractivity contribution < 1.29 is 4.79 Å². The molecule has 1 aliphatic rings. The molecule has 2 unspecified atom stereocenters. The number of nitrogens with one attached hydrogen (secondary N) is 2. The van der Waals surface area contributed by atoms with Crippen LogP contribution in [0.3, 0.4) is 0 Å². The minimum Gasteiger partial charge on any atom is -0.317 e. The van der Waals surface area contributed by atoms with E-state index in [1.54, 1.807) is 18.2 Å². The SMILES string of the molecule is CNC1CCC(CC(=O)Nc2cccc(Cl)n2)C1. The molecule has 2 N–H and O–H groups in total. The quantitative estimate of drug-likeness (QED) is 0.824. The average molecular weight is 268 g/mol. The first kappa shape index (κ1) is 13.3. The van der Waals surface area contributed by atoms with E-state index in [9.17, 15) is 4.79 Å². The molecule has 0 aromatic carbocycles. The summed E-state index contributed by atoms with van der Waals surface area (Å²) in [4.78, 5) is 15.9. The molecule has 1 fully saturated rings. The Bertz CT molecular complexity index is 424. The zero-order valence-corrected chi connectivity index (χ0v) is 11.2. The molecule has 1 amide bonds. The van der Waals surface area contributed by atoms with Gasteiger partial charge in [-0.05, 0) is 44.4 Å². The average Bonchev–Trinajstić information content (AvgIpc) is 2.76. The molecule has 0 bridgehead atoms. The van der Waals surface area contributed by atoms with Crippen LogP contribution in [-0.4, -0.2) is 24.0 Å². The third kappa shape index (κ3) is 3.68. The fourth-order valence-electron chi connectivity index (χ4n) is 2.46. The fourth-order valence-corrected chi connectivity index (χ4v) is 2.62. The normalized spacial score (nSPS) is 23.0. The second-order valence-corrected chi connectivity index (χ2v) is 5.15. The first-order valence-electron chi connectivity index (χ1n) is 6.27. The predicted octanol–water partition coefficient (Wildman–Crippen LogP) is 2.45. The van der Waals surface area contributed by atoms with E-state index in [0.29, 0.717) is 29.4 Å². The van der Waals surface area contributed by atoms with Crippen molar-refractivity contribution in [2.75, 3.05) is 12.4 Å². The van der Waals surface area contributed by atoms with E-state index in [-0.39, 0.29) is 5.91 Å². The molecule has 0 aliphatic heterocycles. The van der Waals surface area contributed by atoms with E-state index in [0.717, 1.165) is 19.3 Å². The minimum atomic E-state index is 0.0199. The zero-order chi connectivity index (χ0) is 13.0. The van der Waals surface area contributed by atoms with Crippen molar-refractivity contribution in [2.45, 2.75) is 31.7 Å². The van der Waals surface area contributed by atoms with Gasteiger partial charge in [0.15, 0.2) is 0 Å². The molecular weight excluding hydrogens is 250 g/mol. The molecule has 1 aliphatic carbocycles. The Hall–Kier alpha value is -1.13. The number of anilines is 1. The van der Waals surface area contributed by atoms with Gasteiger partial charge in [-0.3, -0.25) is 4.79 Å². The van der Waals surface area contributed by atoms with Crippen molar-refractivity contribution in [1.82, 2.24) is 10.3 Å². The molecule has 5 heteroatoms. The molecule has 18 heavy (non-hydrogen) atoms. The molecule has 4 nitrogen and oxygen atoms in total. The van der Waals surface area contributed by atoms with Crippen molar-refractivity contribution in [2.24, 2.45) is 5.92 Å². The summed E-state index contributed by atoms with van der Waals surface area (Å²) in [7, 11) is 1.98. The lowest BCUT2D eigenvalue weighted by atomic mass is 10.0. The van der Waals surface area contributed by atoms with Gasteiger partial charge in [-0.25, -0.2) is 4.98 Å². The Kier molecular flexibility index (Phi) is 4.55. The van der Waals surface area contributed by atoms with Crippen molar-refractivity contribution in [3.8, 4) is 0 Å². The number of amides is 1. The fraction of sp³-hybridized carbons (Fsp3) is 0.538. The van der Waals surface area contributed by atoms with Gasteiger partial charge in [-0.15, -0.1) is 0 Å². The number of pyridine rings is 1. The maximum Gasteiger partial charge on any atom is 0.225 e. The van der Waals surface area contributed by atoms with E-state index in [1.165, 1.54) is 0 Å². The number of carbonyl (C=O) groups excluding carboxylic acids is 1. The highest BCUT2D eigenvalue weighted by Gasteiger charge is 2.25. The Morgan fingerprint density at radius 3 is 3.00 bits per heavy atom. The molecule has 0 radical (unpaired) electrons. The van der Waals surface area contributed by atoms with Gasteiger partial charge in [-0.2, -0.15) is 0 Å². The summed E-state index contributed by atoms with van der Waals surface area (Å²) < 4.78 is 0. The summed E-state index contributed by atoms with van der Waals surface area (Å²) in [6, 6.07) is 5.77. The lowest BCUT2D eigenvalue weighted by Crippen LogP contribution is -2.22. The first-order chi connectivity index (χ1) is 8.67. The summed E-state index contributed by atoms with van der Waals surface area (Å²) in [6.45, 7) is 0. The van der Waals surface area contributed by atoms with Gasteiger partial charge < -0.3 is 10.6 Å². The molecule has 1 saturated carbocycles. The van der Waals surface area contributed by atoms with Crippen LogP contribution in [0, 0.1) is 5.92 Å². The molecule has 1 aromatic heterocycles. The molecule has 2 atom stereocenters. The molecule has 1 aromatic rings. The van der Waals surface area contributed by atoms with Crippen LogP contribution >= 0.6 is 11.6 Å². The van der Waals surface area contributed by atoms with Gasteiger partial charge in [0.05, 0.1) is 0 Å². The largest absolute Gasteiger partial charge is 0.317 e. The van der Waals surface area contributed by atoms with Crippen LogP contribution in [-0.2, 0) is 4.79 Å². The lowest BCUT2D eigenvalue weighted by molar-refractivity contribution is -0.117. The van der Waals surface area contributed by atoms with Crippen molar-refractivity contribution in [3.05, 3.63) is 23.4 Å². The molecule has 2 rings (SSSR count). The van der Waals surface area contributed by atoms with E-state index >= 15 is 0 Å². The number of hydrogen-bond donors (Lipinski definition) is 2. The number of carbonyl (C=O) groups is 1. The smallest absolute Gasteiger partial charge is 0.225 e. The second-order valence-electron chi connectivity index (χ2n) is 4.76. The van der Waals surface area contributed by atoms with E-state index in [4.69, 9.17) is 11.6 Å². The highest BCUT2D eigenvalue weighted by Crippen LogP contribution is 2.28. The van der Waals surface area contributed by atoms with Crippen LogP contribution in [0.4, 0.5) is 5.82 Å². The Morgan fingerprint density at radius 1 is 1.50 bits per heavy atom. The second kappa shape index (κ2) is 6.16. The Morgan fingerprint density at radius 2 is 2.33 bits per heavy atom. The molecule has 98 valence electrons.